The van der Waals surface area contributed by atoms with Crippen LogP contribution in [0.3, 0.4) is 0 Å². The quantitative estimate of drug-likeness (QED) is 0.222. The molecule has 7 nitrogen and oxygen atoms in total. The third-order valence-electron chi connectivity index (χ3n) is 7.60. The molecule has 39 heavy (non-hydrogen) atoms. The Labute approximate surface area is 226 Å². The summed E-state index contributed by atoms with van der Waals surface area (Å²) in [5, 5.41) is 4.74. The largest absolute Gasteiger partial charge is 0.493 e. The van der Waals surface area contributed by atoms with Gasteiger partial charge in [0.05, 0.1) is 24.6 Å². The van der Waals surface area contributed by atoms with E-state index in [0.29, 0.717) is 51.9 Å². The molecule has 0 radical (unpaired) electrons. The number of rotatable bonds is 8. The molecule has 0 saturated heterocycles. The van der Waals surface area contributed by atoms with Gasteiger partial charge in [-0.05, 0) is 81.0 Å². The Morgan fingerprint density at radius 2 is 1.82 bits per heavy atom. The van der Waals surface area contributed by atoms with E-state index in [2.05, 4.69) is 52.3 Å². The number of hydrogen-bond donors (Lipinski definition) is 2. The van der Waals surface area contributed by atoms with Gasteiger partial charge in [-0.15, -0.1) is 0 Å². The van der Waals surface area contributed by atoms with Crippen molar-refractivity contribution in [3.8, 4) is 23.1 Å². The lowest BCUT2D eigenvalue weighted by molar-refractivity contribution is 0.164. The van der Waals surface area contributed by atoms with Gasteiger partial charge < -0.3 is 24.5 Å². The summed E-state index contributed by atoms with van der Waals surface area (Å²) in [5.41, 5.74) is 6.01. The molecule has 0 amide bonds. The van der Waals surface area contributed by atoms with Crippen LogP contribution in [0.5, 0.6) is 23.1 Å². The lowest BCUT2D eigenvalue weighted by atomic mass is 9.80. The van der Waals surface area contributed by atoms with Crippen LogP contribution in [0.2, 0.25) is 0 Å². The minimum atomic E-state index is -0.443. The van der Waals surface area contributed by atoms with E-state index in [0.717, 1.165) is 18.5 Å². The van der Waals surface area contributed by atoms with Crippen molar-refractivity contribution < 1.29 is 18.6 Å². The predicted molar refractivity (Wildman–Crippen MR) is 151 cm³/mol. The molecule has 0 unspecified atom stereocenters. The molecule has 3 aromatic carbocycles. The Balaban J connectivity index is 1.16. The van der Waals surface area contributed by atoms with Crippen LogP contribution in [-0.2, 0) is 0 Å². The number of anilines is 1. The van der Waals surface area contributed by atoms with Gasteiger partial charge in [0.25, 0.3) is 0 Å². The third-order valence-corrected chi connectivity index (χ3v) is 7.60. The van der Waals surface area contributed by atoms with Crippen molar-refractivity contribution in [3.63, 3.8) is 0 Å². The number of ether oxygens (including phenoxy) is 3. The molecule has 5 aromatic rings. The van der Waals surface area contributed by atoms with Crippen LogP contribution in [0.25, 0.3) is 21.8 Å². The van der Waals surface area contributed by atoms with Crippen molar-refractivity contribution in [3.05, 3.63) is 77.5 Å². The number of aromatic nitrogens is 3. The average molecular weight is 527 g/mol. The Bertz CT molecular complexity index is 1680. The normalized spacial score (nSPS) is 16.7. The minimum Gasteiger partial charge on any atom is -0.493 e. The van der Waals surface area contributed by atoms with Crippen molar-refractivity contribution in [2.45, 2.75) is 39.7 Å². The first-order valence-corrected chi connectivity index (χ1v) is 13.1. The lowest BCUT2D eigenvalue weighted by Gasteiger charge is -2.36. The highest BCUT2D eigenvalue weighted by Gasteiger charge is 2.30. The van der Waals surface area contributed by atoms with Gasteiger partial charge in [0.2, 0.25) is 5.88 Å². The molecule has 1 saturated carbocycles. The summed E-state index contributed by atoms with van der Waals surface area (Å²) in [5.74, 6) is 1.50. The van der Waals surface area contributed by atoms with E-state index < -0.39 is 5.82 Å². The van der Waals surface area contributed by atoms with E-state index in [9.17, 15) is 0 Å². The summed E-state index contributed by atoms with van der Waals surface area (Å²) in [4.78, 5) is 11.8. The highest BCUT2D eigenvalue weighted by atomic mass is 19.1. The first-order valence-electron chi connectivity index (χ1n) is 13.1. The second kappa shape index (κ2) is 10.1. The Hall–Kier alpha value is -4.33. The Morgan fingerprint density at radius 3 is 2.64 bits per heavy atom. The van der Waals surface area contributed by atoms with E-state index in [4.69, 9.17) is 14.2 Å². The topological polar surface area (TPSA) is 81.3 Å². The number of aryl methyl sites for hydroxylation is 2. The van der Waals surface area contributed by atoms with Crippen LogP contribution in [0.15, 0.2) is 54.9 Å². The maximum Gasteiger partial charge on any atom is 0.230 e. The fourth-order valence-electron chi connectivity index (χ4n) is 5.19. The molecule has 2 aromatic heterocycles. The van der Waals surface area contributed by atoms with Gasteiger partial charge in [0.15, 0.2) is 23.1 Å². The second-order valence-electron chi connectivity index (χ2n) is 10.3. The summed E-state index contributed by atoms with van der Waals surface area (Å²) < 4.78 is 32.9. The van der Waals surface area contributed by atoms with Gasteiger partial charge in [0, 0.05) is 34.4 Å². The molecule has 2 heterocycles. The van der Waals surface area contributed by atoms with Crippen LogP contribution in [0.4, 0.5) is 10.1 Å². The zero-order valence-electron chi connectivity index (χ0n) is 22.5. The maximum absolute atomic E-state index is 15.1. The van der Waals surface area contributed by atoms with Crippen molar-refractivity contribution in [1.29, 1.82) is 0 Å². The molecule has 0 aliphatic heterocycles. The molecule has 0 bridgehead atoms. The number of aromatic amines is 1. The second-order valence-corrected chi connectivity index (χ2v) is 10.3. The van der Waals surface area contributed by atoms with E-state index in [1.165, 1.54) is 23.1 Å². The molecule has 1 aliphatic carbocycles. The Kier molecular flexibility index (Phi) is 6.46. The monoisotopic (exact) mass is 526 g/mol. The van der Waals surface area contributed by atoms with Gasteiger partial charge in [-0.1, -0.05) is 12.1 Å². The van der Waals surface area contributed by atoms with Crippen molar-refractivity contribution in [2.24, 2.45) is 5.92 Å². The summed E-state index contributed by atoms with van der Waals surface area (Å²) >= 11 is 0. The van der Waals surface area contributed by atoms with Crippen LogP contribution in [0, 0.1) is 32.5 Å². The fourth-order valence-corrected chi connectivity index (χ4v) is 5.19. The number of methoxy groups -OCH3 is 1. The van der Waals surface area contributed by atoms with E-state index >= 15 is 4.39 Å². The van der Waals surface area contributed by atoms with Crippen LogP contribution in [0.1, 0.15) is 29.7 Å². The molecule has 1 fully saturated rings. The zero-order chi connectivity index (χ0) is 27.1. The molecular formula is C31H31FN4O3. The highest BCUT2D eigenvalue weighted by molar-refractivity contribution is 5.87. The van der Waals surface area contributed by atoms with Crippen LogP contribution >= 0.6 is 0 Å². The molecule has 6 rings (SSSR count). The third kappa shape index (κ3) is 4.82. The molecule has 0 spiro atoms. The smallest absolute Gasteiger partial charge is 0.230 e. The van der Waals surface area contributed by atoms with Gasteiger partial charge >= 0.3 is 0 Å². The first kappa shape index (κ1) is 25.0. The number of nitrogens with zero attached hydrogens (tertiary/aromatic N) is 2. The minimum absolute atomic E-state index is 0.0924. The zero-order valence-corrected chi connectivity index (χ0v) is 22.5. The van der Waals surface area contributed by atoms with E-state index in [1.807, 2.05) is 13.0 Å². The Morgan fingerprint density at radius 1 is 0.974 bits per heavy atom. The first-order chi connectivity index (χ1) is 18.9. The number of benzene rings is 3. The number of fused-ring (bicyclic) bond motifs is 2. The van der Waals surface area contributed by atoms with Crippen molar-refractivity contribution in [1.82, 2.24) is 15.0 Å². The SMILES string of the molecule is COc1cc2c(Oc3ccc4[nH]c(C)cc4c3F)ncnc2cc1OCC1CC(Nc2cccc(C)c2C)C1. The summed E-state index contributed by atoms with van der Waals surface area (Å²) in [6.45, 7) is 6.76. The molecule has 1 aliphatic rings. The average Bonchev–Trinajstić information content (AvgIpc) is 3.30. The number of nitrogens with one attached hydrogen (secondary N) is 2. The summed E-state index contributed by atoms with van der Waals surface area (Å²) in [6.07, 6.45) is 3.49. The van der Waals surface area contributed by atoms with Crippen LogP contribution in [-0.4, -0.2) is 34.7 Å². The highest BCUT2D eigenvalue weighted by Crippen LogP contribution is 2.39. The maximum atomic E-state index is 15.1. The lowest BCUT2D eigenvalue weighted by Crippen LogP contribution is -2.38. The van der Waals surface area contributed by atoms with Gasteiger partial charge in [-0.25, -0.2) is 14.4 Å². The number of H-pyrrole nitrogens is 1. The molecule has 0 atom stereocenters. The standard InChI is InChI=1S/C31H31FN4O3/c1-17-6-5-7-24(19(17)3)36-21-11-20(12-21)15-38-29-14-26-23(13-28(29)37-4)31(34-16-33-26)39-27-9-8-25-22(30(27)32)10-18(2)35-25/h5-10,13-14,16,20-21,35-36H,11-12,15H2,1-4H3. The summed E-state index contributed by atoms with van der Waals surface area (Å²) in [7, 11) is 1.59. The van der Waals surface area contributed by atoms with Gasteiger partial charge in [0.1, 0.15) is 6.33 Å². The van der Waals surface area contributed by atoms with E-state index in [1.54, 1.807) is 31.4 Å². The fraction of sp³-hybridized carbons (Fsp3) is 0.290. The van der Waals surface area contributed by atoms with Gasteiger partial charge in [-0.3, -0.25) is 0 Å². The molecule has 200 valence electrons. The molecular weight excluding hydrogens is 495 g/mol. The van der Waals surface area contributed by atoms with E-state index in [-0.39, 0.29) is 11.6 Å². The van der Waals surface area contributed by atoms with Gasteiger partial charge in [-0.2, -0.15) is 0 Å². The van der Waals surface area contributed by atoms with Crippen molar-refractivity contribution >= 4 is 27.5 Å². The number of hydrogen-bond acceptors (Lipinski definition) is 6. The van der Waals surface area contributed by atoms with Crippen molar-refractivity contribution in [2.75, 3.05) is 19.0 Å². The van der Waals surface area contributed by atoms with Crippen LogP contribution < -0.4 is 19.5 Å². The molecule has 2 N–H and O–H groups in total. The number of halogens is 1. The predicted octanol–water partition coefficient (Wildman–Crippen LogP) is 7.25. The summed E-state index contributed by atoms with van der Waals surface area (Å²) in [6, 6.07) is 15.6. The molecule has 8 heteroatoms.